The van der Waals surface area contributed by atoms with Crippen molar-refractivity contribution in [3.63, 3.8) is 0 Å². The molecule has 4 rings (SSSR count). The van der Waals surface area contributed by atoms with Gasteiger partial charge in [-0.1, -0.05) is 54.2 Å². The zero-order valence-corrected chi connectivity index (χ0v) is 20.8. The average molecular weight is 506 g/mol. The normalized spacial score (nSPS) is 16.4. The lowest BCUT2D eigenvalue weighted by atomic mass is 10.1. The number of hydrogen-bond donors (Lipinski definition) is 1. The van der Waals surface area contributed by atoms with Crippen LogP contribution < -0.4 is 10.1 Å². The number of nitrogens with one attached hydrogen (secondary N) is 1. The van der Waals surface area contributed by atoms with Gasteiger partial charge in [-0.2, -0.15) is 0 Å². The van der Waals surface area contributed by atoms with E-state index in [0.717, 1.165) is 23.3 Å². The van der Waals surface area contributed by atoms with Crippen molar-refractivity contribution in [2.45, 2.75) is 24.5 Å². The quantitative estimate of drug-likeness (QED) is 0.431. The number of nitrogens with zero attached hydrogens (tertiary/aromatic N) is 2. The van der Waals surface area contributed by atoms with E-state index in [9.17, 15) is 14.0 Å². The Hall–Kier alpha value is -3.65. The smallest absolute Gasteiger partial charge is 0.242 e. The number of benzene rings is 3. The third-order valence-corrected chi connectivity index (χ3v) is 6.98. The highest BCUT2D eigenvalue weighted by molar-refractivity contribution is 8.15. The van der Waals surface area contributed by atoms with Crippen LogP contribution in [-0.2, 0) is 22.4 Å². The molecule has 1 atom stereocenters. The van der Waals surface area contributed by atoms with Crippen LogP contribution in [0.3, 0.4) is 0 Å². The zero-order chi connectivity index (χ0) is 25.3. The fourth-order valence-corrected chi connectivity index (χ4v) is 5.01. The molecule has 3 aromatic carbocycles. The van der Waals surface area contributed by atoms with Crippen LogP contribution >= 0.6 is 11.8 Å². The summed E-state index contributed by atoms with van der Waals surface area (Å²) in [5.41, 5.74) is 2.74. The molecular formula is C28H28FN3O3S. The van der Waals surface area contributed by atoms with E-state index in [1.807, 2.05) is 54.6 Å². The van der Waals surface area contributed by atoms with Gasteiger partial charge in [-0.25, -0.2) is 9.38 Å². The number of carbonyl (C=O) groups is 2. The van der Waals surface area contributed by atoms with Crippen molar-refractivity contribution in [3.8, 4) is 5.75 Å². The third-order valence-electron chi connectivity index (χ3n) is 5.80. The Labute approximate surface area is 214 Å². The molecule has 186 valence electrons. The van der Waals surface area contributed by atoms with Crippen LogP contribution in [0.25, 0.3) is 0 Å². The van der Waals surface area contributed by atoms with Crippen molar-refractivity contribution in [2.24, 2.45) is 4.99 Å². The number of thioether (sulfide) groups is 1. The monoisotopic (exact) mass is 505 g/mol. The summed E-state index contributed by atoms with van der Waals surface area (Å²) in [5.74, 6) is 0.0986. The number of methoxy groups -OCH3 is 1. The molecule has 1 fully saturated rings. The number of aliphatic imine (C=N–C) groups is 1. The number of hydrogen-bond acceptors (Lipinski definition) is 5. The summed E-state index contributed by atoms with van der Waals surface area (Å²) < 4.78 is 18.6. The number of amidine groups is 1. The zero-order valence-electron chi connectivity index (χ0n) is 20.0. The highest BCUT2D eigenvalue weighted by Gasteiger charge is 2.38. The first kappa shape index (κ1) is 25.4. The summed E-state index contributed by atoms with van der Waals surface area (Å²) in [5, 5.41) is 2.87. The first-order valence-corrected chi connectivity index (χ1v) is 12.7. The van der Waals surface area contributed by atoms with E-state index < -0.39 is 5.25 Å². The second-order valence-corrected chi connectivity index (χ2v) is 9.52. The molecule has 1 N–H and O–H groups in total. The number of ether oxygens (including phenoxy) is 1. The first-order valence-electron chi connectivity index (χ1n) is 11.8. The maximum absolute atomic E-state index is 13.3. The molecule has 36 heavy (non-hydrogen) atoms. The largest absolute Gasteiger partial charge is 0.497 e. The lowest BCUT2D eigenvalue weighted by Crippen LogP contribution is -2.36. The molecule has 1 heterocycles. The molecule has 0 radical (unpaired) electrons. The Morgan fingerprint density at radius 1 is 1.00 bits per heavy atom. The van der Waals surface area contributed by atoms with Gasteiger partial charge in [-0.15, -0.1) is 0 Å². The fourth-order valence-electron chi connectivity index (χ4n) is 3.82. The van der Waals surface area contributed by atoms with Gasteiger partial charge in [0.1, 0.15) is 16.8 Å². The summed E-state index contributed by atoms with van der Waals surface area (Å²) in [6.07, 6.45) is 1.41. The van der Waals surface area contributed by atoms with E-state index in [-0.39, 0.29) is 24.1 Å². The van der Waals surface area contributed by atoms with Crippen molar-refractivity contribution in [3.05, 3.63) is 95.8 Å². The standard InChI is InChI=1S/C28H28FN3O3S/c1-35-24-13-7-21(8-14-24)16-18-32-27(34)25(36-28(32)31-23-11-9-22(29)10-12-23)19-26(33)30-17-15-20-5-3-2-4-6-20/h2-14,25H,15-19H2,1H3,(H,30,33). The minimum atomic E-state index is -0.559. The van der Waals surface area contributed by atoms with E-state index in [1.165, 1.54) is 23.9 Å². The van der Waals surface area contributed by atoms with Crippen molar-refractivity contribution in [1.82, 2.24) is 10.2 Å². The number of halogens is 1. The van der Waals surface area contributed by atoms with Crippen molar-refractivity contribution < 1.29 is 18.7 Å². The Bertz CT molecular complexity index is 1200. The Morgan fingerprint density at radius 2 is 1.69 bits per heavy atom. The van der Waals surface area contributed by atoms with Crippen LogP contribution in [0.5, 0.6) is 5.75 Å². The molecule has 1 aliphatic heterocycles. The Balaban J connectivity index is 1.41. The van der Waals surface area contributed by atoms with Gasteiger partial charge in [0.2, 0.25) is 11.8 Å². The van der Waals surface area contributed by atoms with Gasteiger partial charge in [0, 0.05) is 19.5 Å². The highest BCUT2D eigenvalue weighted by Crippen LogP contribution is 2.32. The highest BCUT2D eigenvalue weighted by atomic mass is 32.2. The van der Waals surface area contributed by atoms with Crippen molar-refractivity contribution >= 4 is 34.4 Å². The van der Waals surface area contributed by atoms with Gasteiger partial charge < -0.3 is 10.1 Å². The minimum absolute atomic E-state index is 0.0692. The Morgan fingerprint density at radius 3 is 2.39 bits per heavy atom. The Kier molecular flexibility index (Phi) is 8.73. The number of amides is 2. The molecule has 6 nitrogen and oxygen atoms in total. The van der Waals surface area contributed by atoms with E-state index in [2.05, 4.69) is 10.3 Å². The van der Waals surface area contributed by atoms with E-state index in [1.54, 1.807) is 24.1 Å². The molecule has 0 aromatic heterocycles. The number of carbonyl (C=O) groups excluding carboxylic acids is 2. The van der Waals surface area contributed by atoms with Crippen LogP contribution in [0.4, 0.5) is 10.1 Å². The SMILES string of the molecule is COc1ccc(CCN2C(=O)C(CC(=O)NCCc3ccccc3)SC2=Nc2ccc(F)cc2)cc1. The molecule has 2 amide bonds. The minimum Gasteiger partial charge on any atom is -0.497 e. The summed E-state index contributed by atoms with van der Waals surface area (Å²) in [4.78, 5) is 32.1. The van der Waals surface area contributed by atoms with Gasteiger partial charge in [0.25, 0.3) is 0 Å². The van der Waals surface area contributed by atoms with Crippen LogP contribution in [0.2, 0.25) is 0 Å². The first-order chi connectivity index (χ1) is 17.5. The van der Waals surface area contributed by atoms with Gasteiger partial charge in [-0.05, 0) is 60.4 Å². The molecule has 0 spiro atoms. The molecule has 1 aliphatic rings. The summed E-state index contributed by atoms with van der Waals surface area (Å²) in [6, 6.07) is 23.4. The maximum atomic E-state index is 13.3. The third kappa shape index (κ3) is 6.95. The molecule has 1 unspecified atom stereocenters. The topological polar surface area (TPSA) is 71.0 Å². The summed E-state index contributed by atoms with van der Waals surface area (Å²) in [6.45, 7) is 0.927. The molecular weight excluding hydrogens is 477 g/mol. The molecule has 0 saturated carbocycles. The predicted molar refractivity (Wildman–Crippen MR) is 141 cm³/mol. The summed E-state index contributed by atoms with van der Waals surface area (Å²) >= 11 is 1.28. The van der Waals surface area contributed by atoms with Crippen LogP contribution in [0, 0.1) is 5.82 Å². The maximum Gasteiger partial charge on any atom is 0.242 e. The van der Waals surface area contributed by atoms with Gasteiger partial charge >= 0.3 is 0 Å². The second kappa shape index (κ2) is 12.4. The molecule has 8 heteroatoms. The summed E-state index contributed by atoms with van der Waals surface area (Å²) in [7, 11) is 1.62. The average Bonchev–Trinajstić information content (AvgIpc) is 3.18. The van der Waals surface area contributed by atoms with Crippen LogP contribution in [-0.4, -0.2) is 47.3 Å². The van der Waals surface area contributed by atoms with Crippen molar-refractivity contribution in [1.29, 1.82) is 0 Å². The van der Waals surface area contributed by atoms with E-state index in [0.29, 0.717) is 30.4 Å². The fraction of sp³-hybridized carbons (Fsp3) is 0.250. The molecule has 1 saturated heterocycles. The van der Waals surface area contributed by atoms with Crippen LogP contribution in [0.1, 0.15) is 17.5 Å². The van der Waals surface area contributed by atoms with Gasteiger partial charge in [0.05, 0.1) is 12.8 Å². The number of rotatable bonds is 10. The lowest BCUT2D eigenvalue weighted by Gasteiger charge is -2.16. The van der Waals surface area contributed by atoms with Gasteiger partial charge in [0.15, 0.2) is 5.17 Å². The van der Waals surface area contributed by atoms with E-state index in [4.69, 9.17) is 4.74 Å². The van der Waals surface area contributed by atoms with Gasteiger partial charge in [-0.3, -0.25) is 14.5 Å². The lowest BCUT2D eigenvalue weighted by molar-refractivity contribution is -0.129. The molecule has 0 bridgehead atoms. The van der Waals surface area contributed by atoms with Crippen LogP contribution in [0.15, 0.2) is 83.9 Å². The van der Waals surface area contributed by atoms with Crippen molar-refractivity contribution in [2.75, 3.05) is 20.2 Å². The molecule has 0 aliphatic carbocycles. The second-order valence-electron chi connectivity index (χ2n) is 8.35. The predicted octanol–water partition coefficient (Wildman–Crippen LogP) is 4.76. The van der Waals surface area contributed by atoms with E-state index >= 15 is 0 Å². The molecule has 3 aromatic rings.